The summed E-state index contributed by atoms with van der Waals surface area (Å²) in [5, 5.41) is 33.4. The molecule has 3 rings (SSSR count). The number of carbonyl (C=O) groups excluding carboxylic acids is 2. The summed E-state index contributed by atoms with van der Waals surface area (Å²) in [4.78, 5) is 27.2. The molecule has 8 nitrogen and oxygen atoms in total. The predicted octanol–water partition coefficient (Wildman–Crippen LogP) is 0.176. The number of hydrogen-bond acceptors (Lipinski definition) is 8. The fraction of sp³-hybridized carbons (Fsp3) is 0.905. The first-order chi connectivity index (χ1) is 13.3. The van der Waals surface area contributed by atoms with Crippen molar-refractivity contribution in [3.63, 3.8) is 0 Å². The third-order valence-electron chi connectivity index (χ3n) is 7.32. The minimum atomic E-state index is -1.28. The van der Waals surface area contributed by atoms with E-state index in [1.165, 1.54) is 0 Å². The zero-order valence-electron chi connectivity index (χ0n) is 18.2. The molecule has 0 radical (unpaired) electrons. The van der Waals surface area contributed by atoms with E-state index in [1.807, 2.05) is 19.0 Å². The van der Waals surface area contributed by atoms with Crippen LogP contribution in [0.4, 0.5) is 0 Å². The minimum Gasteiger partial charge on any atom is -0.461 e. The fourth-order valence-corrected chi connectivity index (χ4v) is 5.82. The lowest BCUT2D eigenvalue weighted by atomic mass is 9.48. The first kappa shape index (κ1) is 22.5. The Morgan fingerprint density at radius 2 is 1.93 bits per heavy atom. The van der Waals surface area contributed by atoms with E-state index in [2.05, 4.69) is 0 Å². The van der Waals surface area contributed by atoms with Crippen LogP contribution >= 0.6 is 0 Å². The lowest BCUT2D eigenvalue weighted by Gasteiger charge is -2.61. The average molecular weight is 414 g/mol. The molecule has 3 fully saturated rings. The highest BCUT2D eigenvalue weighted by Gasteiger charge is 2.71. The lowest BCUT2D eigenvalue weighted by molar-refractivity contribution is -0.278. The van der Waals surface area contributed by atoms with E-state index in [4.69, 9.17) is 9.47 Å². The van der Waals surface area contributed by atoms with Crippen molar-refractivity contribution in [1.29, 1.82) is 0 Å². The van der Waals surface area contributed by atoms with Gasteiger partial charge in [-0.1, -0.05) is 20.8 Å². The summed E-state index contributed by atoms with van der Waals surface area (Å²) < 4.78 is 11.5. The van der Waals surface area contributed by atoms with Crippen molar-refractivity contribution in [2.75, 3.05) is 20.6 Å². The molecule has 0 bridgehead atoms. The van der Waals surface area contributed by atoms with Crippen LogP contribution in [-0.4, -0.2) is 82.8 Å². The number of nitrogens with zero attached hydrogens (tertiary/aromatic N) is 1. The van der Waals surface area contributed by atoms with E-state index in [9.17, 15) is 24.9 Å². The molecule has 2 aliphatic carbocycles. The molecule has 0 amide bonds. The summed E-state index contributed by atoms with van der Waals surface area (Å²) in [5.41, 5.74) is -2.46. The van der Waals surface area contributed by atoms with Gasteiger partial charge in [-0.3, -0.25) is 9.59 Å². The van der Waals surface area contributed by atoms with Crippen molar-refractivity contribution >= 4 is 11.9 Å². The second kappa shape index (κ2) is 7.48. The van der Waals surface area contributed by atoms with E-state index in [0.717, 1.165) is 0 Å². The Bertz CT molecular complexity index is 663. The van der Waals surface area contributed by atoms with Crippen molar-refractivity contribution in [3.05, 3.63) is 0 Å². The number of aliphatic hydroxyl groups excluding tert-OH is 2. The van der Waals surface area contributed by atoms with Crippen LogP contribution in [0.1, 0.15) is 40.5 Å². The van der Waals surface area contributed by atoms with Gasteiger partial charge in [0.1, 0.15) is 12.2 Å². The SMILES string of the molecule is CC(C)C(=O)O[C@H]1[C@H]2[C@H](OC(=O)[C@@H]2CN(C)C)[C@H](O)[C@@]2(C)[C@@H]1[C@@](C)(O)CC[C@@H]2O. The Balaban J connectivity index is 2.13. The van der Waals surface area contributed by atoms with E-state index >= 15 is 0 Å². The molecule has 3 aliphatic rings. The quantitative estimate of drug-likeness (QED) is 0.559. The van der Waals surface area contributed by atoms with Crippen molar-refractivity contribution < 1.29 is 34.4 Å². The van der Waals surface area contributed by atoms with E-state index in [-0.39, 0.29) is 0 Å². The van der Waals surface area contributed by atoms with Crippen molar-refractivity contribution in [3.8, 4) is 0 Å². The second-order valence-electron chi connectivity index (χ2n) is 10.1. The molecular weight excluding hydrogens is 378 g/mol. The molecule has 0 unspecified atom stereocenters. The van der Waals surface area contributed by atoms with Crippen LogP contribution < -0.4 is 0 Å². The number of hydrogen-bond donors (Lipinski definition) is 3. The summed E-state index contributed by atoms with van der Waals surface area (Å²) in [6, 6.07) is 0. The molecular formula is C21H35NO7. The number of fused-ring (bicyclic) bond motifs is 2. The van der Waals surface area contributed by atoms with Gasteiger partial charge in [-0.2, -0.15) is 0 Å². The highest BCUT2D eigenvalue weighted by Crippen LogP contribution is 2.59. The number of esters is 2. The maximum absolute atomic E-state index is 12.7. The minimum absolute atomic E-state index is 0.300. The molecule has 0 spiro atoms. The topological polar surface area (TPSA) is 117 Å². The summed E-state index contributed by atoms with van der Waals surface area (Å²) in [6.07, 6.45) is -3.25. The zero-order chi connectivity index (χ0) is 21.9. The Kier molecular flexibility index (Phi) is 5.79. The van der Waals surface area contributed by atoms with Gasteiger partial charge in [-0.15, -0.1) is 0 Å². The first-order valence-corrected chi connectivity index (χ1v) is 10.5. The molecule has 29 heavy (non-hydrogen) atoms. The largest absolute Gasteiger partial charge is 0.461 e. The lowest BCUT2D eigenvalue weighted by Crippen LogP contribution is -2.72. The molecule has 0 aromatic heterocycles. The Labute approximate surface area is 172 Å². The van der Waals surface area contributed by atoms with Gasteiger partial charge in [-0.05, 0) is 33.9 Å². The van der Waals surface area contributed by atoms with Crippen molar-refractivity contribution in [2.24, 2.45) is 29.1 Å². The van der Waals surface area contributed by atoms with Gasteiger partial charge in [0, 0.05) is 17.9 Å². The first-order valence-electron chi connectivity index (χ1n) is 10.5. The molecule has 0 aromatic carbocycles. The third-order valence-corrected chi connectivity index (χ3v) is 7.32. The standard InChI is InChI=1S/C21H35NO7/c1-10(2)18(25)28-14-13-11(9-22(5)6)19(26)29-15(13)17(24)21(4)12(23)7-8-20(3,27)16(14)21/h10-17,23-24,27H,7-9H2,1-6H3/t11-,12+,13+,14+,15+,16+,17+,20+,21-/m1/s1. The zero-order valence-corrected chi connectivity index (χ0v) is 18.2. The summed E-state index contributed by atoms with van der Waals surface area (Å²) in [6.45, 7) is 7.16. The van der Waals surface area contributed by atoms with Gasteiger partial charge in [0.2, 0.25) is 0 Å². The van der Waals surface area contributed by atoms with Gasteiger partial charge < -0.3 is 29.7 Å². The monoisotopic (exact) mass is 413 g/mol. The maximum atomic E-state index is 12.7. The Morgan fingerprint density at radius 1 is 1.31 bits per heavy atom. The normalized spacial score (nSPS) is 47.0. The van der Waals surface area contributed by atoms with Crippen LogP contribution in [-0.2, 0) is 19.1 Å². The molecule has 3 N–H and O–H groups in total. The average Bonchev–Trinajstić information content (AvgIpc) is 2.92. The second-order valence-corrected chi connectivity index (χ2v) is 10.1. The molecule has 166 valence electrons. The summed E-state index contributed by atoms with van der Waals surface area (Å²) in [5.74, 6) is -3.22. The molecule has 2 saturated carbocycles. The summed E-state index contributed by atoms with van der Waals surface area (Å²) >= 11 is 0. The van der Waals surface area contributed by atoms with Crippen LogP contribution in [0.3, 0.4) is 0 Å². The highest BCUT2D eigenvalue weighted by molar-refractivity contribution is 5.76. The smallest absolute Gasteiger partial charge is 0.311 e. The summed E-state index contributed by atoms with van der Waals surface area (Å²) in [7, 11) is 3.67. The van der Waals surface area contributed by atoms with Crippen LogP contribution in [0.2, 0.25) is 0 Å². The van der Waals surface area contributed by atoms with E-state index < -0.39 is 71.0 Å². The Hall–Kier alpha value is -1.22. The van der Waals surface area contributed by atoms with E-state index in [0.29, 0.717) is 19.4 Å². The predicted molar refractivity (Wildman–Crippen MR) is 104 cm³/mol. The highest BCUT2D eigenvalue weighted by atomic mass is 16.6. The van der Waals surface area contributed by atoms with Crippen molar-refractivity contribution in [2.45, 2.75) is 70.6 Å². The number of rotatable bonds is 4. The van der Waals surface area contributed by atoms with Crippen LogP contribution in [0.15, 0.2) is 0 Å². The van der Waals surface area contributed by atoms with Gasteiger partial charge in [0.15, 0.2) is 0 Å². The molecule has 1 saturated heterocycles. The van der Waals surface area contributed by atoms with Gasteiger partial charge in [0.25, 0.3) is 0 Å². The molecule has 1 heterocycles. The molecule has 0 aromatic rings. The van der Waals surface area contributed by atoms with Crippen molar-refractivity contribution in [1.82, 2.24) is 4.90 Å². The molecule has 9 atom stereocenters. The van der Waals surface area contributed by atoms with Gasteiger partial charge >= 0.3 is 11.9 Å². The van der Waals surface area contributed by atoms with E-state index in [1.54, 1.807) is 27.7 Å². The molecule has 8 heteroatoms. The maximum Gasteiger partial charge on any atom is 0.311 e. The number of aliphatic hydroxyl groups is 3. The number of carbonyl (C=O) groups is 2. The van der Waals surface area contributed by atoms with Gasteiger partial charge in [0.05, 0.1) is 35.6 Å². The number of ether oxygens (including phenoxy) is 2. The van der Waals surface area contributed by atoms with Gasteiger partial charge in [-0.25, -0.2) is 0 Å². The van der Waals surface area contributed by atoms with Crippen LogP contribution in [0, 0.1) is 29.1 Å². The molecule has 1 aliphatic heterocycles. The van der Waals surface area contributed by atoms with Crippen LogP contribution in [0.25, 0.3) is 0 Å². The fourth-order valence-electron chi connectivity index (χ4n) is 5.82. The van der Waals surface area contributed by atoms with Crippen LogP contribution in [0.5, 0.6) is 0 Å². The third kappa shape index (κ3) is 3.48. The Morgan fingerprint density at radius 3 is 2.48 bits per heavy atom.